The zero-order valence-corrected chi connectivity index (χ0v) is 47.3. The Hall–Kier alpha value is -2.11. The number of unbranched alkanes of at least 4 members (excludes halogenated alkanes) is 2. The molecule has 23 N–H and O–H groups in total. The highest BCUT2D eigenvalue weighted by Crippen LogP contribution is 2.44. The minimum atomic E-state index is -4.90. The summed E-state index contributed by atoms with van der Waals surface area (Å²) in [7, 11) is -4.90. The van der Waals surface area contributed by atoms with Gasteiger partial charge < -0.3 is 161 Å². The second-order valence-corrected chi connectivity index (χ2v) is 22.6. The third kappa shape index (κ3) is 18.5. The lowest BCUT2D eigenvalue weighted by Crippen LogP contribution is -2.71. The van der Waals surface area contributed by atoms with Crippen LogP contribution in [0.25, 0.3) is 0 Å². The van der Waals surface area contributed by atoms with Crippen molar-refractivity contribution < 1.29 is 167 Å². The van der Waals surface area contributed by atoms with Crippen molar-refractivity contribution in [2.75, 3.05) is 59.4 Å². The fraction of sp³-hybridized carbons (Fsp3) is 0.957. The molecule has 5 rings (SSSR count). The SMILES string of the molecule is CC(=O)NC1C(OC2C(CO)OC(OC3C(CO)OC(OC(C(O)C(C)CO)C(O)C(O)COP(=O)(O)OCCCCCN)C(NC(C)=O)C3OC3OC(CO)C(O)C(O)C3O)C(O)C2O)OC(CO)C(O)C1OC1OC(CO)C(O)C(O)C1O. The topological polar surface area (TPSA) is 596 Å². The number of rotatable bonds is 31. The van der Waals surface area contributed by atoms with Gasteiger partial charge in [-0.1, -0.05) is 6.92 Å². The number of hydrogen-bond donors (Lipinski definition) is 22. The van der Waals surface area contributed by atoms with Crippen LogP contribution in [0.1, 0.15) is 40.0 Å². The summed E-state index contributed by atoms with van der Waals surface area (Å²) in [5.74, 6) is -3.06. The van der Waals surface area contributed by atoms with Gasteiger partial charge in [-0.05, 0) is 25.8 Å². The van der Waals surface area contributed by atoms with E-state index < -0.39 is 250 Å². The first-order valence-electron chi connectivity index (χ1n) is 27.4. The monoisotopic (exact) mass is 1270 g/mol. The fourth-order valence-electron chi connectivity index (χ4n) is 10.0. The Kier molecular flexibility index (Phi) is 29.3. The highest BCUT2D eigenvalue weighted by Gasteiger charge is 2.58. The first-order chi connectivity index (χ1) is 40.1. The van der Waals surface area contributed by atoms with Gasteiger partial charge in [0.15, 0.2) is 31.5 Å². The molecule has 0 radical (unpaired) electrons. The average molecular weight is 1270 g/mol. The molecular formula is C47H86N3O34P. The van der Waals surface area contributed by atoms with Crippen LogP contribution in [-0.2, 0) is 70.6 Å². The molecular weight excluding hydrogens is 1180 g/mol. The van der Waals surface area contributed by atoms with Crippen molar-refractivity contribution >= 4 is 19.6 Å². The summed E-state index contributed by atoms with van der Waals surface area (Å²) in [5.41, 5.74) is 5.46. The Balaban J connectivity index is 1.49. The van der Waals surface area contributed by atoms with E-state index >= 15 is 0 Å². The molecule has 0 aromatic rings. The molecule has 5 saturated heterocycles. The Bertz CT molecular complexity index is 2050. The number of carbonyl (C=O) groups excluding carboxylic acids is 2. The highest BCUT2D eigenvalue weighted by molar-refractivity contribution is 7.47. The maximum absolute atomic E-state index is 13.2. The molecule has 85 heavy (non-hydrogen) atoms. The molecule has 5 fully saturated rings. The molecule has 498 valence electrons. The molecule has 31 atom stereocenters. The number of aliphatic hydroxyl groups is 18. The van der Waals surface area contributed by atoms with Crippen molar-refractivity contribution in [2.45, 2.75) is 218 Å². The molecule has 0 aromatic heterocycles. The lowest BCUT2D eigenvalue weighted by molar-refractivity contribution is -0.389. The van der Waals surface area contributed by atoms with E-state index in [0.29, 0.717) is 25.8 Å². The van der Waals surface area contributed by atoms with Crippen molar-refractivity contribution in [2.24, 2.45) is 11.7 Å². The maximum Gasteiger partial charge on any atom is 0.472 e. The first-order valence-corrected chi connectivity index (χ1v) is 28.9. The number of carbonyl (C=O) groups is 2. The first kappa shape index (κ1) is 73.6. The molecule has 0 aliphatic carbocycles. The van der Waals surface area contributed by atoms with Gasteiger partial charge >= 0.3 is 7.82 Å². The number of phosphoric acid groups is 1. The molecule has 38 heteroatoms. The van der Waals surface area contributed by atoms with Crippen LogP contribution in [0, 0.1) is 5.92 Å². The van der Waals surface area contributed by atoms with Crippen molar-refractivity contribution in [1.82, 2.24) is 10.6 Å². The molecule has 5 aliphatic rings. The van der Waals surface area contributed by atoms with Crippen LogP contribution < -0.4 is 16.4 Å². The van der Waals surface area contributed by atoms with Crippen molar-refractivity contribution in [1.29, 1.82) is 0 Å². The molecule has 31 unspecified atom stereocenters. The molecule has 2 amide bonds. The van der Waals surface area contributed by atoms with Crippen molar-refractivity contribution in [3.05, 3.63) is 0 Å². The minimum absolute atomic E-state index is 0.269. The van der Waals surface area contributed by atoms with E-state index in [-0.39, 0.29) is 6.61 Å². The summed E-state index contributed by atoms with van der Waals surface area (Å²) in [6.07, 6.45) is -53.4. The van der Waals surface area contributed by atoms with Crippen LogP contribution in [0.5, 0.6) is 0 Å². The zero-order valence-electron chi connectivity index (χ0n) is 46.5. The second-order valence-electron chi connectivity index (χ2n) is 21.2. The molecule has 0 spiro atoms. The normalized spacial score (nSPS) is 41.7. The van der Waals surface area contributed by atoms with E-state index in [2.05, 4.69) is 10.6 Å². The minimum Gasteiger partial charge on any atom is -0.396 e. The average Bonchev–Trinajstić information content (AvgIpc) is 3.20. The predicted octanol–water partition coefficient (Wildman–Crippen LogP) is -12.3. The lowest BCUT2D eigenvalue weighted by Gasteiger charge is -2.51. The molecule has 37 nitrogen and oxygen atoms in total. The van der Waals surface area contributed by atoms with Gasteiger partial charge in [-0.25, -0.2) is 4.57 Å². The molecule has 5 heterocycles. The summed E-state index contributed by atoms with van der Waals surface area (Å²) in [6.45, 7) is -3.96. The van der Waals surface area contributed by atoms with E-state index in [4.69, 9.17) is 62.1 Å². The summed E-state index contributed by atoms with van der Waals surface area (Å²) in [6, 6.07) is -3.72. The quantitative estimate of drug-likeness (QED) is 0.0226. The zero-order chi connectivity index (χ0) is 63.4. The van der Waals surface area contributed by atoms with Gasteiger partial charge in [0.25, 0.3) is 0 Å². The van der Waals surface area contributed by atoms with Gasteiger partial charge in [0.1, 0.15) is 140 Å². The number of aliphatic hydroxyl groups excluding tert-OH is 18. The summed E-state index contributed by atoms with van der Waals surface area (Å²) < 4.78 is 81.5. The van der Waals surface area contributed by atoms with Gasteiger partial charge in [-0.2, -0.15) is 0 Å². The molecule has 0 aromatic carbocycles. The van der Waals surface area contributed by atoms with Crippen LogP contribution >= 0.6 is 7.82 Å². The van der Waals surface area contributed by atoms with E-state index in [1.807, 2.05) is 0 Å². The molecule has 0 saturated carbocycles. The van der Waals surface area contributed by atoms with Gasteiger partial charge in [0.05, 0.1) is 52.4 Å². The van der Waals surface area contributed by atoms with Gasteiger partial charge in [-0.3, -0.25) is 18.6 Å². The number of ether oxygens (including phenoxy) is 10. The molecule has 5 aliphatic heterocycles. The number of nitrogens with two attached hydrogens (primary N) is 1. The van der Waals surface area contributed by atoms with E-state index in [1.165, 1.54) is 6.92 Å². The number of phosphoric ester groups is 1. The Morgan fingerprint density at radius 3 is 1.42 bits per heavy atom. The van der Waals surface area contributed by atoms with Crippen LogP contribution in [-0.4, -0.2) is 346 Å². The third-order valence-electron chi connectivity index (χ3n) is 14.8. The van der Waals surface area contributed by atoms with E-state index in [0.717, 1.165) is 13.8 Å². The highest BCUT2D eigenvalue weighted by atomic mass is 31.2. The smallest absolute Gasteiger partial charge is 0.396 e. The van der Waals surface area contributed by atoms with Gasteiger partial charge in [-0.15, -0.1) is 0 Å². The standard InChI is InChI=1S/C47H86N3O34P/c1-16(9-51)27(60)42(28(61)19(59)15-74-85(71,72)73-8-6-4-5-7-48)84-44-26(50-18(3)58)41(83-46-36(69)33(66)30(63)21(11-53)77-46)39(24(14-56)78-44)81-47-37(70)34(67)38(23(13-55)79-47)80-43-25(49-17(2)57)40(31(64)22(12-54)75-43)82-45-35(68)32(65)29(62)20(10-52)76-45/h16,19-47,51-56,59-70H,4-15,48H2,1-3H3,(H,49,57)(H,50,58)(H,71,72). The van der Waals surface area contributed by atoms with E-state index in [1.54, 1.807) is 0 Å². The summed E-state index contributed by atoms with van der Waals surface area (Å²) in [4.78, 5) is 36.1. The van der Waals surface area contributed by atoms with Crippen LogP contribution in [0.2, 0.25) is 0 Å². The van der Waals surface area contributed by atoms with Crippen LogP contribution in [0.3, 0.4) is 0 Å². The van der Waals surface area contributed by atoms with Crippen LogP contribution in [0.15, 0.2) is 0 Å². The third-order valence-corrected chi connectivity index (χ3v) is 15.8. The summed E-state index contributed by atoms with van der Waals surface area (Å²) >= 11 is 0. The Morgan fingerprint density at radius 1 is 0.506 bits per heavy atom. The van der Waals surface area contributed by atoms with E-state index in [9.17, 15) is 111 Å². The van der Waals surface area contributed by atoms with Crippen molar-refractivity contribution in [3.63, 3.8) is 0 Å². The van der Waals surface area contributed by atoms with Gasteiger partial charge in [0, 0.05) is 26.4 Å². The second kappa shape index (κ2) is 33.8. The largest absolute Gasteiger partial charge is 0.472 e. The predicted molar refractivity (Wildman–Crippen MR) is 271 cm³/mol. The number of hydrogen-bond acceptors (Lipinski definition) is 34. The van der Waals surface area contributed by atoms with Crippen LogP contribution in [0.4, 0.5) is 0 Å². The van der Waals surface area contributed by atoms with Crippen molar-refractivity contribution in [3.8, 4) is 0 Å². The Morgan fingerprint density at radius 2 is 0.929 bits per heavy atom. The Labute approximate surface area is 485 Å². The lowest BCUT2D eigenvalue weighted by atomic mass is 9.92. The summed E-state index contributed by atoms with van der Waals surface area (Å²) in [5, 5.41) is 200. The number of amides is 2. The number of nitrogens with one attached hydrogen (secondary N) is 2. The van der Waals surface area contributed by atoms with Gasteiger partial charge in [0.2, 0.25) is 11.8 Å². The molecule has 0 bridgehead atoms. The fourth-order valence-corrected chi connectivity index (χ4v) is 10.8. The maximum atomic E-state index is 13.2.